The molecule has 0 unspecified atom stereocenters. The average Bonchev–Trinajstić information content (AvgIpc) is 3.30. The van der Waals surface area contributed by atoms with E-state index in [0.717, 1.165) is 0 Å². The Balaban J connectivity index is 1.74. The smallest absolute Gasteiger partial charge is 0.346 e. The second-order valence-electron chi connectivity index (χ2n) is 9.47. The van der Waals surface area contributed by atoms with Crippen molar-refractivity contribution in [3.63, 3.8) is 0 Å². The molecule has 4 fully saturated rings. The van der Waals surface area contributed by atoms with Gasteiger partial charge in [0.25, 0.3) is 0 Å². The van der Waals surface area contributed by atoms with Crippen LogP contribution in [0.25, 0.3) is 0 Å². The van der Waals surface area contributed by atoms with E-state index < -0.39 is 64.5 Å². The van der Waals surface area contributed by atoms with Crippen molar-refractivity contribution >= 4 is 17.5 Å². The van der Waals surface area contributed by atoms with E-state index in [0.29, 0.717) is 6.42 Å². The van der Waals surface area contributed by atoms with E-state index in [-0.39, 0.29) is 23.7 Å². The van der Waals surface area contributed by atoms with E-state index in [1.54, 1.807) is 13.8 Å². The number of epoxide rings is 1. The molecule has 5 bridgehead atoms. The number of hydrogen-bond acceptors (Lipinski definition) is 8. The molecular weight excluding hydrogens is 368 g/mol. The zero-order chi connectivity index (χ0) is 20.4. The van der Waals surface area contributed by atoms with Crippen LogP contribution >= 0.6 is 0 Å². The lowest BCUT2D eigenvalue weighted by molar-refractivity contribution is -0.274. The predicted molar refractivity (Wildman–Crippen MR) is 91.7 cm³/mol. The highest BCUT2D eigenvalue weighted by atomic mass is 16.6. The van der Waals surface area contributed by atoms with Crippen LogP contribution in [-0.2, 0) is 28.6 Å². The first-order valence-corrected chi connectivity index (χ1v) is 9.75. The van der Waals surface area contributed by atoms with Gasteiger partial charge >= 0.3 is 5.97 Å². The second-order valence-corrected chi connectivity index (χ2v) is 9.47. The molecule has 2 aliphatic carbocycles. The highest BCUT2D eigenvalue weighted by molar-refractivity contribution is 6.20. The van der Waals surface area contributed by atoms with Gasteiger partial charge in [-0.1, -0.05) is 13.8 Å². The summed E-state index contributed by atoms with van der Waals surface area (Å²) < 4.78 is 17.5. The van der Waals surface area contributed by atoms with Gasteiger partial charge in [0.2, 0.25) is 0 Å². The number of ether oxygens (including phenoxy) is 3. The number of carbonyl (C=O) groups excluding carboxylic acids is 3. The monoisotopic (exact) mass is 392 g/mol. The maximum Gasteiger partial charge on any atom is 0.346 e. The number of esters is 1. The van der Waals surface area contributed by atoms with Gasteiger partial charge in [-0.25, -0.2) is 4.79 Å². The largest absolute Gasteiger partial charge is 0.484 e. The Morgan fingerprint density at radius 3 is 2.43 bits per heavy atom. The van der Waals surface area contributed by atoms with E-state index in [1.807, 2.05) is 6.92 Å². The number of Topliss-reactive ketones (excluding diaryl/α,β-unsaturated/α-hetero) is 2. The van der Waals surface area contributed by atoms with Gasteiger partial charge in [0, 0.05) is 18.3 Å². The Labute approximate surface area is 161 Å². The number of ketones is 2. The first-order valence-electron chi connectivity index (χ1n) is 9.75. The summed E-state index contributed by atoms with van der Waals surface area (Å²) in [6.07, 6.45) is -2.46. The normalized spacial score (nSPS) is 54.7. The van der Waals surface area contributed by atoms with Gasteiger partial charge in [-0.2, -0.15) is 0 Å². The molecule has 28 heavy (non-hydrogen) atoms. The lowest BCUT2D eigenvalue weighted by Gasteiger charge is -2.59. The summed E-state index contributed by atoms with van der Waals surface area (Å²) in [6, 6.07) is 0. The molecule has 8 nitrogen and oxygen atoms in total. The number of fused-ring (bicyclic) bond motifs is 2. The first-order chi connectivity index (χ1) is 12.9. The third-order valence-corrected chi connectivity index (χ3v) is 7.53. The molecule has 1 saturated carbocycles. The first kappa shape index (κ1) is 18.3. The maximum atomic E-state index is 13.1. The van der Waals surface area contributed by atoms with Gasteiger partial charge < -0.3 is 24.4 Å². The van der Waals surface area contributed by atoms with E-state index in [2.05, 4.69) is 0 Å². The van der Waals surface area contributed by atoms with Gasteiger partial charge in [0.15, 0.2) is 22.9 Å². The summed E-state index contributed by atoms with van der Waals surface area (Å²) in [6.45, 7) is 6.57. The van der Waals surface area contributed by atoms with Crippen LogP contribution in [0.2, 0.25) is 0 Å². The fourth-order valence-electron chi connectivity index (χ4n) is 5.74. The lowest BCUT2D eigenvalue weighted by atomic mass is 9.57. The van der Waals surface area contributed by atoms with Crippen molar-refractivity contribution in [3.8, 4) is 0 Å². The molecule has 4 aliphatic heterocycles. The number of aliphatic hydroxyl groups is 2. The number of aliphatic hydroxyl groups excluding tert-OH is 1. The zero-order valence-electron chi connectivity index (χ0n) is 16.2. The van der Waals surface area contributed by atoms with Crippen LogP contribution in [0.4, 0.5) is 0 Å². The fourth-order valence-corrected chi connectivity index (χ4v) is 5.74. The molecule has 2 N–H and O–H groups in total. The minimum atomic E-state index is -1.78. The Bertz CT molecular complexity index is 858. The Morgan fingerprint density at radius 1 is 1.07 bits per heavy atom. The SMILES string of the molecule is C[C@H]1C[C@](C)(O)C(=O)[C@@H]2O[C@@H]2[C@H]2[C@H](O)[C@]3(C)OC4=C(C(=O)O[C@]42C[C@@H]3C)C1=O. The average molecular weight is 392 g/mol. The maximum absolute atomic E-state index is 13.1. The van der Waals surface area contributed by atoms with Gasteiger partial charge in [-0.05, 0) is 20.3 Å². The topological polar surface area (TPSA) is 123 Å². The molecule has 4 heterocycles. The highest BCUT2D eigenvalue weighted by Crippen LogP contribution is 2.63. The van der Waals surface area contributed by atoms with Crippen molar-refractivity contribution in [2.24, 2.45) is 17.8 Å². The van der Waals surface area contributed by atoms with Crippen molar-refractivity contribution in [2.75, 3.05) is 0 Å². The zero-order valence-corrected chi connectivity index (χ0v) is 16.2. The van der Waals surface area contributed by atoms with Gasteiger partial charge in [-0.3, -0.25) is 9.59 Å². The van der Waals surface area contributed by atoms with Gasteiger partial charge in [-0.15, -0.1) is 0 Å². The molecule has 1 spiro atoms. The van der Waals surface area contributed by atoms with Crippen molar-refractivity contribution in [2.45, 2.75) is 75.7 Å². The quantitative estimate of drug-likeness (QED) is 0.337. The fraction of sp³-hybridized carbons (Fsp3) is 0.750. The minimum Gasteiger partial charge on any atom is -0.484 e. The van der Waals surface area contributed by atoms with Crippen LogP contribution < -0.4 is 0 Å². The molecule has 0 amide bonds. The molecule has 0 aromatic rings. The molecule has 0 aromatic heterocycles. The van der Waals surface area contributed by atoms with Crippen LogP contribution in [0.5, 0.6) is 0 Å². The van der Waals surface area contributed by atoms with Crippen LogP contribution in [-0.4, -0.2) is 62.9 Å². The summed E-state index contributed by atoms with van der Waals surface area (Å²) in [5.74, 6) is -3.33. The molecule has 152 valence electrons. The van der Waals surface area contributed by atoms with Crippen LogP contribution in [0.1, 0.15) is 40.5 Å². The second kappa shape index (κ2) is 5.04. The van der Waals surface area contributed by atoms with E-state index in [9.17, 15) is 24.6 Å². The molecule has 9 atom stereocenters. The molecule has 0 aromatic carbocycles. The third-order valence-electron chi connectivity index (χ3n) is 7.53. The molecule has 6 rings (SSSR count). The Hall–Kier alpha value is -1.77. The standard InChI is InChI=1S/C20H24O8/c1-7-5-18(3,25)15(23)13-12(26-13)10-14(22)19(4)8(2)6-20(10)16(27-19)9(11(7)21)17(24)28-20/h7-8,10,12-14,22,25H,5-6H2,1-4H3/t7-,8-,10-,12+,13+,14-,18-,19+,20-/m0/s1. The number of rotatable bonds is 0. The van der Waals surface area contributed by atoms with E-state index in [1.165, 1.54) is 6.92 Å². The Morgan fingerprint density at radius 2 is 1.75 bits per heavy atom. The molecule has 8 heteroatoms. The molecular formula is C20H24O8. The van der Waals surface area contributed by atoms with Gasteiger partial charge in [0.1, 0.15) is 35.1 Å². The molecule has 0 radical (unpaired) electrons. The van der Waals surface area contributed by atoms with E-state index in [4.69, 9.17) is 14.2 Å². The third kappa shape index (κ3) is 1.93. The Kier molecular flexibility index (Phi) is 3.29. The van der Waals surface area contributed by atoms with Crippen LogP contribution in [0, 0.1) is 17.8 Å². The molecule has 6 aliphatic rings. The summed E-state index contributed by atoms with van der Waals surface area (Å²) >= 11 is 0. The van der Waals surface area contributed by atoms with Crippen molar-refractivity contribution < 1.29 is 38.8 Å². The van der Waals surface area contributed by atoms with Crippen molar-refractivity contribution in [3.05, 3.63) is 11.3 Å². The van der Waals surface area contributed by atoms with E-state index >= 15 is 0 Å². The van der Waals surface area contributed by atoms with Crippen molar-refractivity contribution in [1.29, 1.82) is 0 Å². The summed E-state index contributed by atoms with van der Waals surface area (Å²) in [5.41, 5.74) is -4.31. The minimum absolute atomic E-state index is 0.144. The predicted octanol–water partition coefficient (Wildman–Crippen LogP) is 0.0383. The highest BCUT2D eigenvalue weighted by Gasteiger charge is 2.76. The lowest BCUT2D eigenvalue weighted by Crippen LogP contribution is -2.71. The summed E-state index contributed by atoms with van der Waals surface area (Å²) in [5, 5.41) is 21.8. The summed E-state index contributed by atoms with van der Waals surface area (Å²) in [4.78, 5) is 38.8. The van der Waals surface area contributed by atoms with Crippen LogP contribution in [0.15, 0.2) is 11.3 Å². The van der Waals surface area contributed by atoms with Crippen LogP contribution in [0.3, 0.4) is 0 Å². The van der Waals surface area contributed by atoms with Gasteiger partial charge in [0.05, 0.1) is 5.92 Å². The number of hydrogen-bond donors (Lipinski definition) is 2. The summed E-state index contributed by atoms with van der Waals surface area (Å²) in [7, 11) is 0. The number of carbonyl (C=O) groups is 3. The van der Waals surface area contributed by atoms with Crippen molar-refractivity contribution in [1.82, 2.24) is 0 Å². The molecule has 3 saturated heterocycles.